The molecule has 3 aromatic carbocycles. The van der Waals surface area contributed by atoms with Gasteiger partial charge in [-0.1, -0.05) is 18.2 Å². The van der Waals surface area contributed by atoms with Gasteiger partial charge in [0, 0.05) is 35.0 Å². The van der Waals surface area contributed by atoms with Crippen LogP contribution in [0.4, 0.5) is 11.4 Å². The van der Waals surface area contributed by atoms with E-state index in [0.29, 0.717) is 17.0 Å². The Morgan fingerprint density at radius 2 is 1.63 bits per heavy atom. The summed E-state index contributed by atoms with van der Waals surface area (Å²) in [6.07, 6.45) is 0. The number of amides is 1. The first-order chi connectivity index (χ1) is 14.3. The van der Waals surface area contributed by atoms with E-state index in [2.05, 4.69) is 5.32 Å². The molecule has 0 atom stereocenters. The molecule has 0 radical (unpaired) electrons. The summed E-state index contributed by atoms with van der Waals surface area (Å²) >= 11 is 0. The van der Waals surface area contributed by atoms with E-state index < -0.39 is 10.8 Å². The van der Waals surface area contributed by atoms with Crippen LogP contribution in [0.2, 0.25) is 0 Å². The van der Waals surface area contributed by atoms with E-state index in [-0.39, 0.29) is 23.6 Å². The van der Waals surface area contributed by atoms with Gasteiger partial charge in [-0.15, -0.1) is 0 Å². The molecule has 0 heterocycles. The van der Waals surface area contributed by atoms with Crippen molar-refractivity contribution in [2.24, 2.45) is 0 Å². The third-order valence-corrected chi connectivity index (χ3v) is 4.63. The average molecular weight is 404 g/mol. The summed E-state index contributed by atoms with van der Waals surface area (Å²) in [5.41, 5.74) is 3.42. The lowest BCUT2D eigenvalue weighted by molar-refractivity contribution is -0.384. The summed E-state index contributed by atoms with van der Waals surface area (Å²) in [5.74, 6) is -0.111. The molecule has 7 heteroatoms. The summed E-state index contributed by atoms with van der Waals surface area (Å²) in [4.78, 5) is 34.9. The number of hydrogen-bond donors (Lipinski definition) is 1. The topological polar surface area (TPSA) is 98.5 Å². The lowest BCUT2D eigenvalue weighted by Crippen LogP contribution is -2.13. The van der Waals surface area contributed by atoms with Crippen molar-refractivity contribution in [3.8, 4) is 5.75 Å². The lowest BCUT2D eigenvalue weighted by Gasteiger charge is -2.10. The summed E-state index contributed by atoms with van der Waals surface area (Å²) < 4.78 is 5.59. The standard InChI is InChI=1S/C23H20N2O5/c1-15-6-7-18(12-16(15)2)22(26)14-30-21-5-3-4-19(13-21)24-23(27)17-8-10-20(11-9-17)25(28)29/h3-13H,14H2,1-2H3,(H,24,27). The molecular weight excluding hydrogens is 384 g/mol. The zero-order valence-electron chi connectivity index (χ0n) is 16.5. The van der Waals surface area contributed by atoms with Crippen molar-refractivity contribution in [2.45, 2.75) is 13.8 Å². The van der Waals surface area contributed by atoms with Crippen molar-refractivity contribution in [1.82, 2.24) is 0 Å². The minimum Gasteiger partial charge on any atom is -0.485 e. The van der Waals surface area contributed by atoms with Crippen LogP contribution in [0, 0.1) is 24.0 Å². The van der Waals surface area contributed by atoms with Gasteiger partial charge in [-0.05, 0) is 55.3 Å². The van der Waals surface area contributed by atoms with E-state index in [0.717, 1.165) is 11.1 Å². The number of non-ortho nitro benzene ring substituents is 1. The fraction of sp³-hybridized carbons (Fsp3) is 0.130. The number of ether oxygens (including phenoxy) is 1. The van der Waals surface area contributed by atoms with E-state index in [1.165, 1.54) is 24.3 Å². The van der Waals surface area contributed by atoms with Crippen LogP contribution >= 0.6 is 0 Å². The highest BCUT2D eigenvalue weighted by Crippen LogP contribution is 2.20. The smallest absolute Gasteiger partial charge is 0.269 e. The number of hydrogen-bond acceptors (Lipinski definition) is 5. The quantitative estimate of drug-likeness (QED) is 0.349. The Hall–Kier alpha value is -4.00. The molecule has 0 saturated heterocycles. The number of aryl methyl sites for hydroxylation is 2. The number of nitrogens with one attached hydrogen (secondary N) is 1. The number of nitro groups is 1. The molecule has 0 aliphatic rings. The lowest BCUT2D eigenvalue weighted by atomic mass is 10.0. The second-order valence-electron chi connectivity index (χ2n) is 6.80. The van der Waals surface area contributed by atoms with Crippen molar-refractivity contribution in [3.05, 3.63) is 99.1 Å². The summed E-state index contributed by atoms with van der Waals surface area (Å²) in [5, 5.41) is 13.4. The van der Waals surface area contributed by atoms with E-state index in [1.807, 2.05) is 26.0 Å². The van der Waals surface area contributed by atoms with Crippen molar-refractivity contribution in [2.75, 3.05) is 11.9 Å². The molecule has 152 valence electrons. The summed E-state index contributed by atoms with van der Waals surface area (Å²) in [6, 6.07) is 17.5. The van der Waals surface area contributed by atoms with Crippen LogP contribution in [0.1, 0.15) is 31.8 Å². The number of carbonyl (C=O) groups excluding carboxylic acids is 2. The Kier molecular flexibility index (Phi) is 6.22. The van der Waals surface area contributed by atoms with Crippen molar-refractivity contribution in [1.29, 1.82) is 0 Å². The van der Waals surface area contributed by atoms with Gasteiger partial charge in [0.25, 0.3) is 11.6 Å². The molecule has 0 bridgehead atoms. The maximum Gasteiger partial charge on any atom is 0.269 e. The highest BCUT2D eigenvalue weighted by molar-refractivity contribution is 6.04. The molecule has 0 saturated carbocycles. The predicted molar refractivity (Wildman–Crippen MR) is 113 cm³/mol. The summed E-state index contributed by atoms with van der Waals surface area (Å²) in [7, 11) is 0. The first kappa shape index (κ1) is 20.7. The van der Waals surface area contributed by atoms with Gasteiger partial charge in [-0.2, -0.15) is 0 Å². The molecule has 3 aromatic rings. The van der Waals surface area contributed by atoms with Crippen LogP contribution in [-0.4, -0.2) is 23.2 Å². The SMILES string of the molecule is Cc1ccc(C(=O)COc2cccc(NC(=O)c3ccc([N+](=O)[O-])cc3)c2)cc1C. The highest BCUT2D eigenvalue weighted by Gasteiger charge is 2.11. The van der Waals surface area contributed by atoms with Crippen LogP contribution in [0.15, 0.2) is 66.7 Å². The van der Waals surface area contributed by atoms with Gasteiger partial charge < -0.3 is 10.1 Å². The Morgan fingerprint density at radius 1 is 0.933 bits per heavy atom. The number of benzene rings is 3. The van der Waals surface area contributed by atoms with Gasteiger partial charge in [0.1, 0.15) is 5.75 Å². The Balaban J connectivity index is 1.62. The second kappa shape index (κ2) is 9.00. The second-order valence-corrected chi connectivity index (χ2v) is 6.80. The number of anilines is 1. The normalized spacial score (nSPS) is 10.3. The highest BCUT2D eigenvalue weighted by atomic mass is 16.6. The molecule has 0 aliphatic heterocycles. The van der Waals surface area contributed by atoms with Gasteiger partial charge in [0.05, 0.1) is 4.92 Å². The maximum absolute atomic E-state index is 12.4. The molecular formula is C23H20N2O5. The maximum atomic E-state index is 12.4. The molecule has 7 nitrogen and oxygen atoms in total. The molecule has 0 aliphatic carbocycles. The van der Waals surface area contributed by atoms with Gasteiger partial charge in [0.15, 0.2) is 12.4 Å². The van der Waals surface area contributed by atoms with Crippen LogP contribution in [-0.2, 0) is 0 Å². The van der Waals surface area contributed by atoms with Crippen molar-refractivity contribution >= 4 is 23.1 Å². The van der Waals surface area contributed by atoms with Crippen LogP contribution < -0.4 is 10.1 Å². The number of nitro benzene ring substituents is 1. The predicted octanol–water partition coefficient (Wildman–Crippen LogP) is 4.73. The number of ketones is 1. The van der Waals surface area contributed by atoms with E-state index in [4.69, 9.17) is 4.74 Å². The largest absolute Gasteiger partial charge is 0.485 e. The van der Waals surface area contributed by atoms with Gasteiger partial charge in [-0.3, -0.25) is 19.7 Å². The Bertz CT molecular complexity index is 1110. The third-order valence-electron chi connectivity index (χ3n) is 4.63. The number of rotatable bonds is 7. The minimum absolute atomic E-state index is 0.0876. The summed E-state index contributed by atoms with van der Waals surface area (Å²) in [6.45, 7) is 3.81. The monoisotopic (exact) mass is 404 g/mol. The molecule has 0 spiro atoms. The number of nitrogens with zero attached hydrogens (tertiary/aromatic N) is 1. The zero-order valence-corrected chi connectivity index (χ0v) is 16.5. The molecule has 0 aromatic heterocycles. The van der Waals surface area contributed by atoms with Gasteiger partial charge in [0.2, 0.25) is 0 Å². The van der Waals surface area contributed by atoms with E-state index in [9.17, 15) is 19.7 Å². The fourth-order valence-electron chi connectivity index (χ4n) is 2.75. The average Bonchev–Trinajstić information content (AvgIpc) is 2.74. The van der Waals surface area contributed by atoms with Crippen LogP contribution in [0.25, 0.3) is 0 Å². The van der Waals surface area contributed by atoms with Crippen LogP contribution in [0.3, 0.4) is 0 Å². The van der Waals surface area contributed by atoms with Crippen LogP contribution in [0.5, 0.6) is 5.75 Å². The number of carbonyl (C=O) groups is 2. The molecule has 0 fully saturated rings. The molecule has 3 rings (SSSR count). The minimum atomic E-state index is -0.526. The molecule has 1 amide bonds. The van der Waals surface area contributed by atoms with Crippen molar-refractivity contribution < 1.29 is 19.2 Å². The molecule has 1 N–H and O–H groups in total. The van der Waals surface area contributed by atoms with E-state index in [1.54, 1.807) is 30.3 Å². The van der Waals surface area contributed by atoms with Crippen molar-refractivity contribution in [3.63, 3.8) is 0 Å². The van der Waals surface area contributed by atoms with Gasteiger partial charge >= 0.3 is 0 Å². The first-order valence-electron chi connectivity index (χ1n) is 9.22. The van der Waals surface area contributed by atoms with Gasteiger partial charge in [-0.25, -0.2) is 0 Å². The number of Topliss-reactive ketones (excluding diaryl/α,β-unsaturated/α-hetero) is 1. The molecule has 0 unspecified atom stereocenters. The molecule has 30 heavy (non-hydrogen) atoms. The first-order valence-corrected chi connectivity index (χ1v) is 9.22. The van der Waals surface area contributed by atoms with E-state index >= 15 is 0 Å². The Labute approximate surface area is 173 Å². The Morgan fingerprint density at radius 3 is 2.30 bits per heavy atom. The zero-order chi connectivity index (χ0) is 21.7. The third kappa shape index (κ3) is 5.08. The fourth-order valence-corrected chi connectivity index (χ4v) is 2.75.